The first kappa shape index (κ1) is 40.9. The van der Waals surface area contributed by atoms with Gasteiger partial charge in [0.05, 0.1) is 0 Å². The molecule has 0 unspecified atom stereocenters. The molecule has 0 saturated heterocycles. The van der Waals surface area contributed by atoms with E-state index in [1.165, 1.54) is 12.1 Å². The molecule has 0 aliphatic heterocycles. The van der Waals surface area contributed by atoms with Crippen LogP contribution < -0.4 is 10.6 Å². The van der Waals surface area contributed by atoms with Crippen LogP contribution in [0.2, 0.25) is 0 Å². The summed E-state index contributed by atoms with van der Waals surface area (Å²) in [7, 11) is 2.28. The normalized spacial score (nSPS) is 31.5. The van der Waals surface area contributed by atoms with Crippen molar-refractivity contribution in [3.8, 4) is 0 Å². The molecule has 2 aromatic rings. The van der Waals surface area contributed by atoms with Crippen molar-refractivity contribution in [2.75, 3.05) is 25.6 Å². The number of aryl methyl sites for hydroxylation is 1. The van der Waals surface area contributed by atoms with E-state index in [4.69, 9.17) is 21.1 Å². The fraction of sp³-hybridized carbons (Fsp3) is 0.615. The van der Waals surface area contributed by atoms with Gasteiger partial charge in [0.25, 0.3) is 0 Å². The van der Waals surface area contributed by atoms with E-state index >= 15 is 0 Å². The fourth-order valence-electron chi connectivity index (χ4n) is 9.64. The Morgan fingerprint density at radius 1 is 1.00 bits per heavy atom. The third-order valence-electron chi connectivity index (χ3n) is 13.0. The summed E-state index contributed by atoms with van der Waals surface area (Å²) in [5, 5.41) is 5.30. The number of carbonyl (C=O) groups is 2. The number of carbonyl (C=O) groups excluding carboxylic acids is 2. The van der Waals surface area contributed by atoms with Gasteiger partial charge in [0.15, 0.2) is 0 Å². The number of rotatable bonds is 12. The van der Waals surface area contributed by atoms with Gasteiger partial charge in [0, 0.05) is 0 Å². The van der Waals surface area contributed by atoms with Crippen molar-refractivity contribution < 1.29 is 44.8 Å². The molecular formula is C39H52BF3N2O7S. The Bertz CT molecular complexity index is 1770. The molecule has 2 aromatic carbocycles. The van der Waals surface area contributed by atoms with Gasteiger partial charge in [-0.1, -0.05) is 5.56 Å². The Hall–Kier alpha value is -3.23. The molecule has 0 heterocycles. The number of nitrogens with one attached hydrogen (secondary N) is 2. The van der Waals surface area contributed by atoms with E-state index in [0.29, 0.717) is 24.9 Å². The summed E-state index contributed by atoms with van der Waals surface area (Å²) in [6.45, 7) is 10.2. The summed E-state index contributed by atoms with van der Waals surface area (Å²) in [5.74, 6) is -2.35. The molecule has 5 rings (SSSR count). The maximum atomic E-state index is 13.7. The molecule has 3 saturated carbocycles. The van der Waals surface area contributed by atoms with Crippen molar-refractivity contribution in [2.45, 2.75) is 103 Å². The van der Waals surface area contributed by atoms with Crippen LogP contribution in [0.15, 0.2) is 53.4 Å². The van der Waals surface area contributed by atoms with Crippen molar-refractivity contribution in [3.63, 3.8) is 0 Å². The zero-order chi connectivity index (χ0) is 39.0. The molecule has 2 N–H and O–H groups in total. The monoisotopic (exact) mass is 760 g/mol. The Morgan fingerprint density at radius 3 is 2.26 bits per heavy atom. The van der Waals surface area contributed by atoms with Crippen molar-refractivity contribution in [2.24, 2.45) is 34.0 Å². The first-order valence-electron chi connectivity index (χ1n) is 18.3. The minimum atomic E-state index is -4.94. The van der Waals surface area contributed by atoms with E-state index in [1.54, 1.807) is 43.5 Å². The number of benzene rings is 2. The summed E-state index contributed by atoms with van der Waals surface area (Å²) in [6.07, 6.45) is -0.708. The molecule has 8 atom stereocenters. The summed E-state index contributed by atoms with van der Waals surface area (Å²) in [5.41, 5.74) is 2.12. The van der Waals surface area contributed by atoms with E-state index in [2.05, 4.69) is 33.0 Å². The third-order valence-corrected chi connectivity index (χ3v) is 14.3. The molecule has 3 fully saturated rings. The number of amides is 1. The van der Waals surface area contributed by atoms with E-state index < -0.39 is 51.7 Å². The molecule has 2 bridgehead atoms. The van der Waals surface area contributed by atoms with Gasteiger partial charge in [0.1, 0.15) is 0 Å². The molecule has 0 radical (unpaired) electrons. The Labute approximate surface area is 312 Å². The van der Waals surface area contributed by atoms with Crippen LogP contribution in [0, 0.1) is 40.9 Å². The average Bonchev–Trinajstić information content (AvgIpc) is 3.51. The van der Waals surface area contributed by atoms with Crippen LogP contribution >= 0.6 is 0 Å². The van der Waals surface area contributed by atoms with Crippen LogP contribution in [0.3, 0.4) is 0 Å². The molecule has 9 nitrogen and oxygen atoms in total. The van der Waals surface area contributed by atoms with Gasteiger partial charge in [-0.05, 0) is 6.92 Å². The number of halogens is 3. The first-order chi connectivity index (χ1) is 24.8. The van der Waals surface area contributed by atoms with Crippen LogP contribution in [0.1, 0.15) is 77.3 Å². The fourth-order valence-corrected chi connectivity index (χ4v) is 10.5. The van der Waals surface area contributed by atoms with Crippen LogP contribution in [0.25, 0.3) is 0 Å². The van der Waals surface area contributed by atoms with Gasteiger partial charge in [0.2, 0.25) is 0 Å². The number of hydrogen-bond acceptors (Lipinski definition) is 8. The standard InChI is InChI=1S/C39H52BF3N2O7S/c1-24-7-13-29(14-8-24)53(48,49)51-23-32(46)52-31-21-36(4,19-20-44-28-11-9-27(10-12-28)22-45-35(47)39(41,42)43)34(40)26(3)38-17-15-25(2)37(31,5)33(38)30(50-6)16-18-38/h7-14,25-26,30-31,33,40,44H,15-23H2,1-6H3,(H,45,47)/t25-,26+,30-,31-,33+,36+,37+,38+/m1/s1. The van der Waals surface area contributed by atoms with E-state index in [-0.39, 0.29) is 40.7 Å². The van der Waals surface area contributed by atoms with Gasteiger partial charge in [-0.15, -0.1) is 0 Å². The second-order valence-corrected chi connectivity index (χ2v) is 17.5. The quantitative estimate of drug-likeness (QED) is 0.148. The zero-order valence-electron chi connectivity index (χ0n) is 31.5. The van der Waals surface area contributed by atoms with Gasteiger partial charge >= 0.3 is 283 Å². The van der Waals surface area contributed by atoms with Gasteiger partial charge < -0.3 is 0 Å². The number of methoxy groups -OCH3 is 1. The van der Waals surface area contributed by atoms with Gasteiger partial charge in [-0.3, -0.25) is 4.79 Å². The topological polar surface area (TPSA) is 120 Å². The van der Waals surface area contributed by atoms with Crippen molar-refractivity contribution in [3.05, 3.63) is 59.7 Å². The number of ether oxygens (including phenoxy) is 2. The van der Waals surface area contributed by atoms with Crippen molar-refractivity contribution >= 4 is 40.6 Å². The Balaban J connectivity index is 1.37. The SMILES string of the molecule is B=C1[C@H](C)[C@@]23CC[C@@H](C)[C@](C)([C@@H]2[C@H](OC)CC3)[C@H](OC(=O)COS(=O)(=O)c2ccc(C)cc2)C[C@]1(C)CCNc1ccc(CNC(=O)C(F)(F)F)cc1. The predicted molar refractivity (Wildman–Crippen MR) is 198 cm³/mol. The second-order valence-electron chi connectivity index (χ2n) is 15.9. The Morgan fingerprint density at radius 2 is 1.64 bits per heavy atom. The van der Waals surface area contributed by atoms with Crippen molar-refractivity contribution in [1.82, 2.24) is 5.32 Å². The molecular weight excluding hydrogens is 708 g/mol. The number of anilines is 1. The molecule has 0 aromatic heterocycles. The number of alkyl halides is 3. The third kappa shape index (κ3) is 8.24. The van der Waals surface area contributed by atoms with Gasteiger partial charge in [-0.2, -0.15) is 13.2 Å². The molecule has 53 heavy (non-hydrogen) atoms. The maximum absolute atomic E-state index is 13.7. The average molecular weight is 761 g/mol. The van der Waals surface area contributed by atoms with Crippen molar-refractivity contribution in [1.29, 1.82) is 0 Å². The van der Waals surface area contributed by atoms with E-state index in [0.717, 1.165) is 42.4 Å². The zero-order valence-corrected chi connectivity index (χ0v) is 32.3. The van der Waals surface area contributed by atoms with Gasteiger partial charge in [-0.25, -0.2) is 0 Å². The summed E-state index contributed by atoms with van der Waals surface area (Å²) in [6, 6.07) is 13.0. The molecule has 3 aliphatic carbocycles. The molecule has 3 aliphatic rings. The summed E-state index contributed by atoms with van der Waals surface area (Å²) in [4.78, 5) is 24.8. The van der Waals surface area contributed by atoms with E-state index in [9.17, 15) is 31.2 Å². The molecule has 1 amide bonds. The first-order valence-corrected chi connectivity index (χ1v) is 19.7. The molecule has 290 valence electrons. The number of esters is 1. The van der Waals surface area contributed by atoms with Crippen LogP contribution in [-0.2, 0) is 39.9 Å². The van der Waals surface area contributed by atoms with Crippen LogP contribution in [-0.4, -0.2) is 71.9 Å². The number of hydrogen-bond donors (Lipinski definition) is 2. The Kier molecular flexibility index (Phi) is 12.0. The van der Waals surface area contributed by atoms with E-state index in [1.807, 2.05) is 12.2 Å². The molecule has 0 spiro atoms. The molecule has 14 heteroatoms. The van der Waals surface area contributed by atoms with Crippen LogP contribution in [0.5, 0.6) is 0 Å². The summed E-state index contributed by atoms with van der Waals surface area (Å²) < 4.78 is 81.5. The minimum absolute atomic E-state index is 0.0341. The summed E-state index contributed by atoms with van der Waals surface area (Å²) >= 11 is 0. The predicted octanol–water partition coefficient (Wildman–Crippen LogP) is 6.26. The van der Waals surface area contributed by atoms with Crippen LogP contribution in [0.4, 0.5) is 18.9 Å². The second kappa shape index (κ2) is 15.5.